The molecule has 1 N–H and O–H groups in total. The number of aryl methyl sites for hydroxylation is 1. The molecule has 2 rings (SSSR count). The van der Waals surface area contributed by atoms with E-state index in [9.17, 15) is 5.26 Å². The summed E-state index contributed by atoms with van der Waals surface area (Å²) in [6, 6.07) is 10.8. The van der Waals surface area contributed by atoms with Crippen molar-refractivity contribution >= 4 is 0 Å². The van der Waals surface area contributed by atoms with Crippen molar-refractivity contribution in [1.29, 1.82) is 5.26 Å². The molecule has 1 aromatic carbocycles. The van der Waals surface area contributed by atoms with Gasteiger partial charge in [0, 0.05) is 0 Å². The Labute approximate surface area is 128 Å². The molecule has 0 aromatic heterocycles. The first-order valence-electron chi connectivity index (χ1n) is 8.12. The van der Waals surface area contributed by atoms with Crippen LogP contribution in [-0.2, 0) is 6.42 Å². The summed E-state index contributed by atoms with van der Waals surface area (Å²) in [5, 5.41) is 13.0. The summed E-state index contributed by atoms with van der Waals surface area (Å²) >= 11 is 0. The SMILES string of the molecule is CCNC1(C#N)CCCC1CCOc1cccc(CC)c1. The highest BCUT2D eigenvalue weighted by Gasteiger charge is 2.42. The molecule has 0 radical (unpaired) electrons. The molecule has 0 saturated heterocycles. The van der Waals surface area contributed by atoms with Crippen LogP contribution in [0, 0.1) is 17.2 Å². The quantitative estimate of drug-likeness (QED) is 0.831. The maximum atomic E-state index is 9.55. The van der Waals surface area contributed by atoms with Crippen molar-refractivity contribution in [2.45, 2.75) is 51.5 Å². The largest absolute Gasteiger partial charge is 0.494 e. The molecular formula is C18H26N2O. The first kappa shape index (κ1) is 15.9. The normalized spacial score (nSPS) is 24.7. The van der Waals surface area contributed by atoms with Gasteiger partial charge in [0.25, 0.3) is 0 Å². The zero-order valence-corrected chi connectivity index (χ0v) is 13.2. The molecule has 0 amide bonds. The van der Waals surface area contributed by atoms with Crippen LogP contribution in [0.3, 0.4) is 0 Å². The third kappa shape index (κ3) is 3.77. The molecule has 0 bridgehead atoms. The van der Waals surface area contributed by atoms with E-state index in [4.69, 9.17) is 4.74 Å². The molecule has 1 aliphatic rings. The van der Waals surface area contributed by atoms with Crippen molar-refractivity contribution in [2.75, 3.05) is 13.2 Å². The van der Waals surface area contributed by atoms with Gasteiger partial charge in [0.05, 0.1) is 12.7 Å². The number of hydrogen-bond acceptors (Lipinski definition) is 3. The summed E-state index contributed by atoms with van der Waals surface area (Å²) < 4.78 is 5.89. The molecule has 0 spiro atoms. The van der Waals surface area contributed by atoms with E-state index >= 15 is 0 Å². The average Bonchev–Trinajstić information content (AvgIpc) is 2.91. The maximum Gasteiger partial charge on any atom is 0.119 e. The lowest BCUT2D eigenvalue weighted by atomic mass is 9.86. The minimum Gasteiger partial charge on any atom is -0.494 e. The second-order valence-corrected chi connectivity index (χ2v) is 5.84. The smallest absolute Gasteiger partial charge is 0.119 e. The molecule has 2 atom stereocenters. The molecule has 21 heavy (non-hydrogen) atoms. The zero-order chi connectivity index (χ0) is 15.1. The highest BCUT2D eigenvalue weighted by Crippen LogP contribution is 2.37. The van der Waals surface area contributed by atoms with E-state index in [1.807, 2.05) is 12.1 Å². The number of benzene rings is 1. The van der Waals surface area contributed by atoms with Gasteiger partial charge in [-0.1, -0.05) is 32.4 Å². The lowest BCUT2D eigenvalue weighted by molar-refractivity contribution is 0.234. The van der Waals surface area contributed by atoms with Gasteiger partial charge in [0.1, 0.15) is 11.3 Å². The third-order valence-electron chi connectivity index (χ3n) is 4.55. The highest BCUT2D eigenvalue weighted by molar-refractivity contribution is 5.28. The topological polar surface area (TPSA) is 45.0 Å². The molecule has 1 aromatic rings. The van der Waals surface area contributed by atoms with Gasteiger partial charge in [-0.15, -0.1) is 0 Å². The molecule has 0 heterocycles. The number of ether oxygens (including phenoxy) is 1. The van der Waals surface area contributed by atoms with Gasteiger partial charge < -0.3 is 4.74 Å². The number of nitrogens with zero attached hydrogens (tertiary/aromatic N) is 1. The first-order chi connectivity index (χ1) is 10.2. The van der Waals surface area contributed by atoms with Crippen molar-refractivity contribution in [3.05, 3.63) is 29.8 Å². The van der Waals surface area contributed by atoms with Crippen LogP contribution in [0.5, 0.6) is 5.75 Å². The van der Waals surface area contributed by atoms with Crippen molar-refractivity contribution in [3.8, 4) is 11.8 Å². The predicted molar refractivity (Wildman–Crippen MR) is 85.3 cm³/mol. The van der Waals surface area contributed by atoms with Crippen LogP contribution in [0.25, 0.3) is 0 Å². The van der Waals surface area contributed by atoms with Gasteiger partial charge in [-0.2, -0.15) is 5.26 Å². The fraction of sp³-hybridized carbons (Fsp3) is 0.611. The van der Waals surface area contributed by atoms with Crippen LogP contribution < -0.4 is 10.1 Å². The van der Waals surface area contributed by atoms with E-state index in [1.54, 1.807) is 0 Å². The molecule has 3 nitrogen and oxygen atoms in total. The molecule has 1 saturated carbocycles. The Kier molecular flexibility index (Phi) is 5.64. The van der Waals surface area contributed by atoms with E-state index in [0.29, 0.717) is 12.5 Å². The van der Waals surface area contributed by atoms with Crippen LogP contribution in [0.15, 0.2) is 24.3 Å². The molecule has 114 valence electrons. The second kappa shape index (κ2) is 7.47. The van der Waals surface area contributed by atoms with Crippen molar-refractivity contribution in [2.24, 2.45) is 5.92 Å². The predicted octanol–water partition coefficient (Wildman–Crippen LogP) is 3.69. The fourth-order valence-corrected chi connectivity index (χ4v) is 3.38. The summed E-state index contributed by atoms with van der Waals surface area (Å²) in [5.74, 6) is 1.34. The van der Waals surface area contributed by atoms with Gasteiger partial charge in [-0.25, -0.2) is 0 Å². The maximum absolute atomic E-state index is 9.55. The Morgan fingerprint density at radius 1 is 1.43 bits per heavy atom. The standard InChI is InChI=1S/C18H26N2O/c1-3-15-7-5-9-17(13-15)21-12-10-16-8-6-11-18(16,14-19)20-4-2/h5,7,9,13,16,20H,3-4,6,8,10-12H2,1-2H3. The Bertz CT molecular complexity index is 494. The molecule has 0 aliphatic heterocycles. The average molecular weight is 286 g/mol. The summed E-state index contributed by atoms with van der Waals surface area (Å²) in [7, 11) is 0. The molecule has 3 heteroatoms. The zero-order valence-electron chi connectivity index (χ0n) is 13.2. The monoisotopic (exact) mass is 286 g/mol. The minimum atomic E-state index is -0.330. The van der Waals surface area contributed by atoms with Crippen molar-refractivity contribution in [1.82, 2.24) is 5.32 Å². The highest BCUT2D eigenvalue weighted by atomic mass is 16.5. The third-order valence-corrected chi connectivity index (χ3v) is 4.55. The number of hydrogen-bond donors (Lipinski definition) is 1. The lowest BCUT2D eigenvalue weighted by Gasteiger charge is -2.29. The van der Waals surface area contributed by atoms with E-state index in [-0.39, 0.29) is 5.54 Å². The Morgan fingerprint density at radius 3 is 3.00 bits per heavy atom. The van der Waals surface area contributed by atoms with E-state index in [0.717, 1.165) is 44.4 Å². The minimum absolute atomic E-state index is 0.330. The molecular weight excluding hydrogens is 260 g/mol. The Balaban J connectivity index is 1.89. The Morgan fingerprint density at radius 2 is 2.29 bits per heavy atom. The van der Waals surface area contributed by atoms with Crippen LogP contribution in [0.4, 0.5) is 0 Å². The van der Waals surface area contributed by atoms with E-state index in [1.165, 1.54) is 5.56 Å². The fourth-order valence-electron chi connectivity index (χ4n) is 3.38. The molecule has 2 unspecified atom stereocenters. The van der Waals surface area contributed by atoms with Crippen LogP contribution >= 0.6 is 0 Å². The summed E-state index contributed by atoms with van der Waals surface area (Å²) in [4.78, 5) is 0. The number of nitriles is 1. The Hall–Kier alpha value is -1.53. The van der Waals surface area contributed by atoms with Crippen LogP contribution in [-0.4, -0.2) is 18.7 Å². The summed E-state index contributed by atoms with van der Waals surface area (Å²) in [5.41, 5.74) is 0.969. The van der Waals surface area contributed by atoms with E-state index in [2.05, 4.69) is 37.4 Å². The summed E-state index contributed by atoms with van der Waals surface area (Å²) in [6.45, 7) is 5.76. The number of rotatable bonds is 7. The van der Waals surface area contributed by atoms with Gasteiger partial charge in [0.2, 0.25) is 0 Å². The van der Waals surface area contributed by atoms with Crippen LogP contribution in [0.1, 0.15) is 45.1 Å². The lowest BCUT2D eigenvalue weighted by Crippen LogP contribution is -2.47. The summed E-state index contributed by atoms with van der Waals surface area (Å²) in [6.07, 6.45) is 5.19. The van der Waals surface area contributed by atoms with Crippen LogP contribution in [0.2, 0.25) is 0 Å². The van der Waals surface area contributed by atoms with Gasteiger partial charge in [0.15, 0.2) is 0 Å². The number of nitrogens with one attached hydrogen (secondary N) is 1. The first-order valence-corrected chi connectivity index (χ1v) is 8.12. The van der Waals surface area contributed by atoms with Crippen molar-refractivity contribution < 1.29 is 4.74 Å². The molecule has 1 aliphatic carbocycles. The van der Waals surface area contributed by atoms with Crippen molar-refractivity contribution in [3.63, 3.8) is 0 Å². The molecule has 1 fully saturated rings. The van der Waals surface area contributed by atoms with Gasteiger partial charge >= 0.3 is 0 Å². The van der Waals surface area contributed by atoms with Gasteiger partial charge in [-0.05, 0) is 55.8 Å². The van der Waals surface area contributed by atoms with Gasteiger partial charge in [-0.3, -0.25) is 5.32 Å². The van der Waals surface area contributed by atoms with E-state index < -0.39 is 0 Å². The second-order valence-electron chi connectivity index (χ2n) is 5.84.